The van der Waals surface area contributed by atoms with E-state index < -0.39 is 0 Å². The standard InChI is InChI=1S/C12H15NO2/c1-9-2-3-10(8-14)11(6-9)12-7-13-4-5-15-12/h2-3,6,8,12-13H,4-5,7H2,1H3. The molecule has 0 aromatic heterocycles. The van der Waals surface area contributed by atoms with Gasteiger partial charge in [-0.3, -0.25) is 4.79 Å². The van der Waals surface area contributed by atoms with Crippen molar-refractivity contribution in [3.05, 3.63) is 34.9 Å². The van der Waals surface area contributed by atoms with Crippen LogP contribution in [-0.2, 0) is 4.74 Å². The minimum absolute atomic E-state index is 0.0128. The Kier molecular flexibility index (Phi) is 3.14. The van der Waals surface area contributed by atoms with Gasteiger partial charge >= 0.3 is 0 Å². The van der Waals surface area contributed by atoms with E-state index in [2.05, 4.69) is 5.32 Å². The van der Waals surface area contributed by atoms with Gasteiger partial charge in [-0.25, -0.2) is 0 Å². The van der Waals surface area contributed by atoms with E-state index in [1.54, 1.807) is 0 Å². The number of aldehydes is 1. The van der Waals surface area contributed by atoms with Crippen molar-refractivity contribution in [2.75, 3.05) is 19.7 Å². The number of hydrogen-bond donors (Lipinski definition) is 1. The molecule has 2 rings (SSSR count). The molecule has 1 saturated heterocycles. The van der Waals surface area contributed by atoms with Crippen LogP contribution in [0.25, 0.3) is 0 Å². The Bertz CT molecular complexity index is 357. The summed E-state index contributed by atoms with van der Waals surface area (Å²) >= 11 is 0. The van der Waals surface area contributed by atoms with Crippen LogP contribution in [0.1, 0.15) is 27.6 Å². The van der Waals surface area contributed by atoms with E-state index in [0.29, 0.717) is 6.61 Å². The summed E-state index contributed by atoms with van der Waals surface area (Å²) < 4.78 is 5.64. The predicted molar refractivity (Wildman–Crippen MR) is 58.1 cm³/mol. The molecule has 0 bridgehead atoms. The molecule has 3 nitrogen and oxygen atoms in total. The number of carbonyl (C=O) groups excluding carboxylic acids is 1. The number of hydrogen-bond acceptors (Lipinski definition) is 3. The summed E-state index contributed by atoms with van der Waals surface area (Å²) in [5, 5.41) is 3.26. The van der Waals surface area contributed by atoms with E-state index in [0.717, 1.165) is 36.1 Å². The summed E-state index contributed by atoms with van der Waals surface area (Å²) in [7, 11) is 0. The molecule has 0 aliphatic carbocycles. The Labute approximate surface area is 89.4 Å². The Morgan fingerprint density at radius 1 is 1.53 bits per heavy atom. The molecular weight excluding hydrogens is 190 g/mol. The van der Waals surface area contributed by atoms with Gasteiger partial charge in [0.05, 0.1) is 12.7 Å². The summed E-state index contributed by atoms with van der Waals surface area (Å²) in [6.07, 6.45) is 0.908. The van der Waals surface area contributed by atoms with Gasteiger partial charge in [-0.1, -0.05) is 23.8 Å². The van der Waals surface area contributed by atoms with Crippen molar-refractivity contribution in [3.63, 3.8) is 0 Å². The fraction of sp³-hybridized carbons (Fsp3) is 0.417. The lowest BCUT2D eigenvalue weighted by atomic mass is 10.00. The van der Waals surface area contributed by atoms with E-state index in [9.17, 15) is 4.79 Å². The van der Waals surface area contributed by atoms with Gasteiger partial charge in [0.25, 0.3) is 0 Å². The maximum absolute atomic E-state index is 10.9. The molecule has 15 heavy (non-hydrogen) atoms. The normalized spacial score (nSPS) is 21.3. The number of benzene rings is 1. The Balaban J connectivity index is 2.31. The molecule has 1 heterocycles. The summed E-state index contributed by atoms with van der Waals surface area (Å²) in [6.45, 7) is 4.40. The maximum atomic E-state index is 10.9. The average Bonchev–Trinajstić information content (AvgIpc) is 2.30. The van der Waals surface area contributed by atoms with Gasteiger partial charge < -0.3 is 10.1 Å². The van der Waals surface area contributed by atoms with Gasteiger partial charge in [-0.15, -0.1) is 0 Å². The van der Waals surface area contributed by atoms with Crippen molar-refractivity contribution in [3.8, 4) is 0 Å². The molecule has 0 saturated carbocycles. The zero-order chi connectivity index (χ0) is 10.7. The number of nitrogens with one attached hydrogen (secondary N) is 1. The third-order valence-corrected chi connectivity index (χ3v) is 2.64. The van der Waals surface area contributed by atoms with E-state index in [1.807, 2.05) is 25.1 Å². The number of morpholine rings is 1. The van der Waals surface area contributed by atoms with Gasteiger partial charge in [-0.05, 0) is 12.5 Å². The summed E-state index contributed by atoms with van der Waals surface area (Å²) in [6, 6.07) is 5.83. The molecule has 1 unspecified atom stereocenters. The SMILES string of the molecule is Cc1ccc(C=O)c(C2CNCCO2)c1. The van der Waals surface area contributed by atoms with E-state index in [4.69, 9.17) is 4.74 Å². The van der Waals surface area contributed by atoms with Crippen LogP contribution in [0.4, 0.5) is 0 Å². The first-order valence-corrected chi connectivity index (χ1v) is 5.19. The first kappa shape index (κ1) is 10.3. The topological polar surface area (TPSA) is 38.3 Å². The molecule has 1 fully saturated rings. The smallest absolute Gasteiger partial charge is 0.150 e. The van der Waals surface area contributed by atoms with E-state index in [-0.39, 0.29) is 6.10 Å². The molecule has 0 radical (unpaired) electrons. The molecule has 1 aromatic rings. The number of carbonyl (C=O) groups is 1. The average molecular weight is 205 g/mol. The first-order chi connectivity index (χ1) is 7.31. The number of ether oxygens (including phenoxy) is 1. The maximum Gasteiger partial charge on any atom is 0.150 e. The highest BCUT2D eigenvalue weighted by Gasteiger charge is 2.18. The van der Waals surface area contributed by atoms with E-state index >= 15 is 0 Å². The highest BCUT2D eigenvalue weighted by molar-refractivity contribution is 5.77. The quantitative estimate of drug-likeness (QED) is 0.743. The third-order valence-electron chi connectivity index (χ3n) is 2.64. The van der Waals surface area contributed by atoms with Crippen LogP contribution in [0.5, 0.6) is 0 Å². The molecule has 1 atom stereocenters. The summed E-state index contributed by atoms with van der Waals surface area (Å²) in [5.74, 6) is 0. The van der Waals surface area contributed by atoms with Crippen molar-refractivity contribution < 1.29 is 9.53 Å². The minimum Gasteiger partial charge on any atom is -0.371 e. The van der Waals surface area contributed by atoms with Crippen LogP contribution < -0.4 is 5.32 Å². The zero-order valence-corrected chi connectivity index (χ0v) is 8.82. The molecule has 3 heteroatoms. The monoisotopic (exact) mass is 205 g/mol. The summed E-state index contributed by atoms with van der Waals surface area (Å²) in [4.78, 5) is 10.9. The molecule has 1 aliphatic heterocycles. The molecule has 1 aliphatic rings. The molecule has 0 spiro atoms. The third kappa shape index (κ3) is 2.25. The van der Waals surface area contributed by atoms with Crippen molar-refractivity contribution in [2.24, 2.45) is 0 Å². The molecule has 1 aromatic carbocycles. The van der Waals surface area contributed by atoms with Crippen molar-refractivity contribution in [1.29, 1.82) is 0 Å². The van der Waals surface area contributed by atoms with Crippen molar-refractivity contribution in [1.82, 2.24) is 5.32 Å². The van der Waals surface area contributed by atoms with Gasteiger partial charge in [-0.2, -0.15) is 0 Å². The van der Waals surface area contributed by atoms with Crippen LogP contribution in [0, 0.1) is 6.92 Å². The van der Waals surface area contributed by atoms with Crippen molar-refractivity contribution >= 4 is 6.29 Å². The van der Waals surface area contributed by atoms with Crippen LogP contribution in [0.2, 0.25) is 0 Å². The van der Waals surface area contributed by atoms with Gasteiger partial charge in [0, 0.05) is 18.7 Å². The highest BCUT2D eigenvalue weighted by atomic mass is 16.5. The lowest BCUT2D eigenvalue weighted by Gasteiger charge is -2.25. The first-order valence-electron chi connectivity index (χ1n) is 5.19. The lowest BCUT2D eigenvalue weighted by molar-refractivity contribution is 0.0272. The van der Waals surface area contributed by atoms with Crippen LogP contribution in [0.15, 0.2) is 18.2 Å². The molecule has 0 amide bonds. The predicted octanol–water partition coefficient (Wildman–Crippen LogP) is 1.47. The van der Waals surface area contributed by atoms with Gasteiger partial charge in [0.2, 0.25) is 0 Å². The van der Waals surface area contributed by atoms with Gasteiger partial charge in [0.15, 0.2) is 0 Å². The Morgan fingerprint density at radius 2 is 2.40 bits per heavy atom. The fourth-order valence-electron chi connectivity index (χ4n) is 1.85. The Morgan fingerprint density at radius 3 is 3.07 bits per heavy atom. The second kappa shape index (κ2) is 4.55. The largest absolute Gasteiger partial charge is 0.371 e. The molecular formula is C12H15NO2. The van der Waals surface area contributed by atoms with Crippen LogP contribution >= 0.6 is 0 Å². The Hall–Kier alpha value is -1.19. The number of rotatable bonds is 2. The summed E-state index contributed by atoms with van der Waals surface area (Å²) in [5.41, 5.74) is 2.89. The zero-order valence-electron chi connectivity index (χ0n) is 8.82. The minimum atomic E-state index is 0.0128. The highest BCUT2D eigenvalue weighted by Crippen LogP contribution is 2.22. The van der Waals surface area contributed by atoms with Crippen LogP contribution in [-0.4, -0.2) is 26.0 Å². The second-order valence-electron chi connectivity index (χ2n) is 3.81. The molecule has 1 N–H and O–H groups in total. The fourth-order valence-corrected chi connectivity index (χ4v) is 1.85. The van der Waals surface area contributed by atoms with Crippen molar-refractivity contribution in [2.45, 2.75) is 13.0 Å². The van der Waals surface area contributed by atoms with Crippen LogP contribution in [0.3, 0.4) is 0 Å². The lowest BCUT2D eigenvalue weighted by Crippen LogP contribution is -2.33. The van der Waals surface area contributed by atoms with Gasteiger partial charge in [0.1, 0.15) is 6.29 Å². The second-order valence-corrected chi connectivity index (χ2v) is 3.81. The van der Waals surface area contributed by atoms with E-state index in [1.165, 1.54) is 0 Å². The molecule has 80 valence electrons. The number of aryl methyl sites for hydroxylation is 1.